The van der Waals surface area contributed by atoms with Gasteiger partial charge in [-0.15, -0.1) is 0 Å². The van der Waals surface area contributed by atoms with E-state index in [4.69, 9.17) is 0 Å². The van der Waals surface area contributed by atoms with Crippen molar-refractivity contribution in [3.63, 3.8) is 0 Å². The molecule has 0 aliphatic heterocycles. The highest BCUT2D eigenvalue weighted by molar-refractivity contribution is 9.10. The molecule has 0 aromatic heterocycles. The van der Waals surface area contributed by atoms with Gasteiger partial charge in [-0.3, -0.25) is 13.9 Å². The molecule has 0 spiro atoms. The summed E-state index contributed by atoms with van der Waals surface area (Å²) in [6.45, 7) is 9.19. The normalized spacial score (nSPS) is 12.5. The number of benzene rings is 3. The summed E-state index contributed by atoms with van der Waals surface area (Å²) in [5.74, 6) is -0.782. The molecule has 7 nitrogen and oxygen atoms in total. The second-order valence-electron chi connectivity index (χ2n) is 11.1. The third-order valence-corrected chi connectivity index (χ3v) is 8.16. The summed E-state index contributed by atoms with van der Waals surface area (Å²) >= 11 is 3.44. The standard InChI is InChI=1S/C31H38BrN3O4S/c1-22-12-17-27(18-23(22)2)35(40(6,38)39)21-29(36)34(20-25-13-15-26(32)16-14-25)28(30(37)33-31(3,4)5)19-24-10-8-7-9-11-24/h7-18,28H,19-21H2,1-6H3,(H,33,37)/t28-/m0/s1. The van der Waals surface area contributed by atoms with Gasteiger partial charge in [-0.1, -0.05) is 64.5 Å². The topological polar surface area (TPSA) is 86.8 Å². The van der Waals surface area contributed by atoms with Crippen molar-refractivity contribution in [3.05, 3.63) is 99.5 Å². The molecule has 0 saturated carbocycles. The predicted molar refractivity (Wildman–Crippen MR) is 165 cm³/mol. The molecule has 214 valence electrons. The van der Waals surface area contributed by atoms with Crippen LogP contribution in [0.5, 0.6) is 0 Å². The zero-order valence-electron chi connectivity index (χ0n) is 23.9. The minimum Gasteiger partial charge on any atom is -0.350 e. The Hall–Kier alpha value is -3.17. The fraction of sp³-hybridized carbons (Fsp3) is 0.355. The van der Waals surface area contributed by atoms with Gasteiger partial charge in [0.15, 0.2) is 0 Å². The van der Waals surface area contributed by atoms with Crippen LogP contribution < -0.4 is 9.62 Å². The third-order valence-electron chi connectivity index (χ3n) is 6.49. The Morgan fingerprint density at radius 2 is 1.52 bits per heavy atom. The van der Waals surface area contributed by atoms with Crippen LogP contribution in [-0.4, -0.2) is 49.5 Å². The number of carbonyl (C=O) groups is 2. The van der Waals surface area contributed by atoms with E-state index in [1.165, 1.54) is 4.90 Å². The Morgan fingerprint density at radius 1 is 0.900 bits per heavy atom. The smallest absolute Gasteiger partial charge is 0.244 e. The maximum absolute atomic E-state index is 14.1. The Kier molecular flexibility index (Phi) is 10.2. The summed E-state index contributed by atoms with van der Waals surface area (Å²) in [5, 5.41) is 3.03. The van der Waals surface area contributed by atoms with Gasteiger partial charge in [0.1, 0.15) is 12.6 Å². The van der Waals surface area contributed by atoms with Crippen molar-refractivity contribution in [1.29, 1.82) is 0 Å². The van der Waals surface area contributed by atoms with Gasteiger partial charge in [-0.05, 0) is 81.1 Å². The van der Waals surface area contributed by atoms with E-state index in [-0.39, 0.29) is 18.9 Å². The molecule has 3 aromatic rings. The summed E-state index contributed by atoms with van der Waals surface area (Å²) in [7, 11) is -3.81. The van der Waals surface area contributed by atoms with E-state index in [2.05, 4.69) is 21.2 Å². The van der Waals surface area contributed by atoms with Gasteiger partial charge >= 0.3 is 0 Å². The molecular formula is C31H38BrN3O4S. The number of amides is 2. The molecule has 0 saturated heterocycles. The lowest BCUT2D eigenvalue weighted by Crippen LogP contribution is -2.56. The molecule has 0 bridgehead atoms. The summed E-state index contributed by atoms with van der Waals surface area (Å²) in [4.78, 5) is 29.4. The zero-order chi connectivity index (χ0) is 29.7. The molecule has 9 heteroatoms. The van der Waals surface area contributed by atoms with Gasteiger partial charge in [0.2, 0.25) is 21.8 Å². The van der Waals surface area contributed by atoms with E-state index in [0.717, 1.165) is 37.3 Å². The first-order chi connectivity index (χ1) is 18.6. The number of nitrogens with zero attached hydrogens (tertiary/aromatic N) is 2. The van der Waals surface area contributed by atoms with Gasteiger partial charge < -0.3 is 10.2 Å². The monoisotopic (exact) mass is 627 g/mol. The van der Waals surface area contributed by atoms with Crippen molar-refractivity contribution in [1.82, 2.24) is 10.2 Å². The Labute approximate surface area is 246 Å². The number of anilines is 1. The molecule has 3 rings (SSSR count). The fourth-order valence-corrected chi connectivity index (χ4v) is 5.39. The number of aryl methyl sites for hydroxylation is 2. The molecule has 1 atom stereocenters. The fourth-order valence-electron chi connectivity index (χ4n) is 4.29. The number of rotatable bonds is 10. The molecule has 0 unspecified atom stereocenters. The van der Waals surface area contributed by atoms with Crippen LogP contribution in [0.15, 0.2) is 77.3 Å². The zero-order valence-corrected chi connectivity index (χ0v) is 26.3. The molecular weight excluding hydrogens is 590 g/mol. The van der Waals surface area contributed by atoms with Crippen LogP contribution in [0.4, 0.5) is 5.69 Å². The number of sulfonamides is 1. The Balaban J connectivity index is 2.08. The number of nitrogens with one attached hydrogen (secondary N) is 1. The summed E-state index contributed by atoms with van der Waals surface area (Å²) < 4.78 is 27.9. The van der Waals surface area contributed by atoms with Gasteiger partial charge in [-0.2, -0.15) is 0 Å². The van der Waals surface area contributed by atoms with Crippen molar-refractivity contribution in [3.8, 4) is 0 Å². The van der Waals surface area contributed by atoms with E-state index >= 15 is 0 Å². The molecule has 3 aromatic carbocycles. The lowest BCUT2D eigenvalue weighted by Gasteiger charge is -2.35. The van der Waals surface area contributed by atoms with Crippen molar-refractivity contribution in [2.75, 3.05) is 17.1 Å². The van der Waals surface area contributed by atoms with Crippen molar-refractivity contribution in [2.45, 2.75) is 59.2 Å². The van der Waals surface area contributed by atoms with Crippen molar-refractivity contribution < 1.29 is 18.0 Å². The van der Waals surface area contributed by atoms with E-state index in [1.807, 2.05) is 95.3 Å². The van der Waals surface area contributed by atoms with Gasteiger partial charge in [0, 0.05) is 23.0 Å². The average Bonchev–Trinajstić information content (AvgIpc) is 2.86. The summed E-state index contributed by atoms with van der Waals surface area (Å²) in [6.07, 6.45) is 1.36. The highest BCUT2D eigenvalue weighted by Gasteiger charge is 2.34. The number of hydrogen-bond acceptors (Lipinski definition) is 4. The van der Waals surface area contributed by atoms with E-state index < -0.39 is 34.1 Å². The second kappa shape index (κ2) is 13.0. The highest BCUT2D eigenvalue weighted by Crippen LogP contribution is 2.23. The largest absolute Gasteiger partial charge is 0.350 e. The third kappa shape index (κ3) is 8.93. The van der Waals surface area contributed by atoms with Gasteiger partial charge in [0.25, 0.3) is 0 Å². The molecule has 1 N–H and O–H groups in total. The molecule has 0 heterocycles. The van der Waals surface area contributed by atoms with Gasteiger partial charge in [-0.25, -0.2) is 8.42 Å². The summed E-state index contributed by atoms with van der Waals surface area (Å²) in [6, 6.07) is 21.4. The first-order valence-corrected chi connectivity index (χ1v) is 15.7. The minimum atomic E-state index is -3.81. The van der Waals surface area contributed by atoms with Crippen LogP contribution in [0, 0.1) is 13.8 Å². The maximum atomic E-state index is 14.1. The molecule has 2 amide bonds. The molecule has 0 aliphatic rings. The minimum absolute atomic E-state index is 0.131. The van der Waals surface area contributed by atoms with Crippen molar-refractivity contribution in [2.24, 2.45) is 0 Å². The predicted octanol–water partition coefficient (Wildman–Crippen LogP) is 5.39. The highest BCUT2D eigenvalue weighted by atomic mass is 79.9. The number of hydrogen-bond donors (Lipinski definition) is 1. The Morgan fingerprint density at radius 3 is 2.08 bits per heavy atom. The van der Waals surface area contributed by atoms with Crippen LogP contribution in [0.1, 0.15) is 43.0 Å². The molecule has 0 radical (unpaired) electrons. The van der Waals surface area contributed by atoms with E-state index in [1.54, 1.807) is 12.1 Å². The van der Waals surface area contributed by atoms with Gasteiger partial charge in [0.05, 0.1) is 11.9 Å². The van der Waals surface area contributed by atoms with Crippen LogP contribution >= 0.6 is 15.9 Å². The van der Waals surface area contributed by atoms with Crippen LogP contribution in [-0.2, 0) is 32.6 Å². The number of carbonyl (C=O) groups excluding carboxylic acids is 2. The Bertz CT molecular complexity index is 1440. The molecule has 0 fully saturated rings. The van der Waals surface area contributed by atoms with Crippen LogP contribution in [0.2, 0.25) is 0 Å². The quantitative estimate of drug-likeness (QED) is 0.327. The molecule has 40 heavy (non-hydrogen) atoms. The van der Waals surface area contributed by atoms with E-state index in [9.17, 15) is 18.0 Å². The molecule has 0 aliphatic carbocycles. The van der Waals surface area contributed by atoms with Crippen LogP contribution in [0.3, 0.4) is 0 Å². The maximum Gasteiger partial charge on any atom is 0.244 e. The lowest BCUT2D eigenvalue weighted by molar-refractivity contribution is -0.140. The van der Waals surface area contributed by atoms with Crippen LogP contribution in [0.25, 0.3) is 0 Å². The van der Waals surface area contributed by atoms with Crippen molar-refractivity contribution >= 4 is 43.5 Å². The average molecular weight is 629 g/mol. The second-order valence-corrected chi connectivity index (χ2v) is 14.0. The SMILES string of the molecule is Cc1ccc(N(CC(=O)N(Cc2ccc(Br)cc2)[C@@H](Cc2ccccc2)C(=O)NC(C)(C)C)S(C)(=O)=O)cc1C. The first kappa shape index (κ1) is 31.4. The first-order valence-electron chi connectivity index (χ1n) is 13.1. The number of halogens is 1. The summed E-state index contributed by atoms with van der Waals surface area (Å²) in [5.41, 5.74) is 3.51. The van der Waals surface area contributed by atoms with E-state index in [0.29, 0.717) is 5.69 Å². The lowest BCUT2D eigenvalue weighted by atomic mass is 10.0.